The third-order valence-electron chi connectivity index (χ3n) is 0.203. The van der Waals surface area contributed by atoms with Gasteiger partial charge in [-0.1, -0.05) is 0 Å². The van der Waals surface area contributed by atoms with E-state index in [1.165, 1.54) is 0 Å². The molecule has 0 spiro atoms. The van der Waals surface area contributed by atoms with Gasteiger partial charge in [0, 0.05) is 0 Å². The molecule has 1 radical (unpaired) electrons. The van der Waals surface area contributed by atoms with Crippen molar-refractivity contribution < 1.29 is 68.9 Å². The van der Waals surface area contributed by atoms with E-state index in [1.807, 2.05) is 0 Å². The SMILES string of the molecule is O=P([O-])([O-])OP(=O)([O-])O.[Cu+2].[Li+]. The van der Waals surface area contributed by atoms with Crippen LogP contribution in [-0.4, -0.2) is 4.89 Å². The largest absolute Gasteiger partial charge is 2.00 e. The van der Waals surface area contributed by atoms with Gasteiger partial charge in [-0.15, -0.1) is 0 Å². The minimum Gasteiger partial charge on any atom is -0.790 e. The van der Waals surface area contributed by atoms with Gasteiger partial charge < -0.3 is 24.1 Å². The molecule has 1 atom stereocenters. The summed E-state index contributed by atoms with van der Waals surface area (Å²) in [4.78, 5) is 35.7. The molecule has 0 aromatic carbocycles. The van der Waals surface area contributed by atoms with Gasteiger partial charge in [-0.2, -0.15) is 0 Å². The van der Waals surface area contributed by atoms with E-state index in [4.69, 9.17) is 4.89 Å². The van der Waals surface area contributed by atoms with Crippen LogP contribution >= 0.6 is 15.6 Å². The van der Waals surface area contributed by atoms with Gasteiger partial charge in [0.05, 0.1) is 7.82 Å². The average molecular weight is 245 g/mol. The van der Waals surface area contributed by atoms with Crippen LogP contribution in [0, 0.1) is 0 Å². The third kappa shape index (κ3) is 18.4. The minimum absolute atomic E-state index is 0. The molecule has 0 aliphatic heterocycles. The molecular weight excluding hydrogens is 244 g/mol. The fourth-order valence-electron chi connectivity index (χ4n) is 0.126. The predicted molar refractivity (Wildman–Crippen MR) is 18.5 cm³/mol. The Balaban J connectivity index is -0.000000320. The maximum Gasteiger partial charge on any atom is 2.00 e. The first kappa shape index (κ1) is 18.2. The second-order valence-corrected chi connectivity index (χ2v) is 3.48. The Bertz CT molecular complexity index is 157. The number of rotatable bonds is 2. The van der Waals surface area contributed by atoms with Crippen molar-refractivity contribution in [3.8, 4) is 0 Å². The first-order chi connectivity index (χ1) is 3.71. The Morgan fingerprint density at radius 1 is 1.18 bits per heavy atom. The van der Waals surface area contributed by atoms with Crippen LogP contribution in [0.1, 0.15) is 0 Å². The van der Waals surface area contributed by atoms with E-state index in [-0.39, 0.29) is 35.9 Å². The van der Waals surface area contributed by atoms with Crippen LogP contribution in [0.5, 0.6) is 0 Å². The molecule has 1 unspecified atom stereocenters. The van der Waals surface area contributed by atoms with E-state index in [0.717, 1.165) is 0 Å². The van der Waals surface area contributed by atoms with Gasteiger partial charge in [0.1, 0.15) is 0 Å². The van der Waals surface area contributed by atoms with Crippen LogP contribution in [0.15, 0.2) is 0 Å². The average Bonchev–Trinajstić information content (AvgIpc) is 1.14. The Labute approximate surface area is 84.7 Å². The summed E-state index contributed by atoms with van der Waals surface area (Å²) < 4.78 is 21.4. The molecular formula is HCuLiO7P2. The van der Waals surface area contributed by atoms with Crippen molar-refractivity contribution in [1.29, 1.82) is 0 Å². The van der Waals surface area contributed by atoms with Crippen LogP contribution in [-0.2, 0) is 30.5 Å². The fourth-order valence-corrected chi connectivity index (χ4v) is 1.14. The van der Waals surface area contributed by atoms with Gasteiger partial charge >= 0.3 is 35.9 Å². The number of phosphoric acid groups is 2. The van der Waals surface area contributed by atoms with Gasteiger partial charge in [0.15, 0.2) is 0 Å². The summed E-state index contributed by atoms with van der Waals surface area (Å²) in [7, 11) is -11.0. The standard InChI is InChI=1S/Cu.Li.H4O7P2/c;;1-8(2,3)7-9(4,5)6/h;;(H2,1,2,3)(H2,4,5,6)/q+2;+1;/p-3. The summed E-state index contributed by atoms with van der Waals surface area (Å²) in [5.74, 6) is 0. The number of hydrogen-bond acceptors (Lipinski definition) is 6. The molecule has 0 heterocycles. The Kier molecular flexibility index (Phi) is 9.82. The smallest absolute Gasteiger partial charge is 0.790 e. The predicted octanol–water partition coefficient (Wildman–Crippen LogP) is -5.71. The molecule has 0 bridgehead atoms. The summed E-state index contributed by atoms with van der Waals surface area (Å²) >= 11 is 0. The third-order valence-corrected chi connectivity index (χ3v) is 1.83. The molecule has 0 aromatic heterocycles. The topological polar surface area (TPSA) is 133 Å². The first-order valence-electron chi connectivity index (χ1n) is 1.48. The van der Waals surface area contributed by atoms with Crippen molar-refractivity contribution in [3.63, 3.8) is 0 Å². The summed E-state index contributed by atoms with van der Waals surface area (Å²) in [6.07, 6.45) is 0. The second-order valence-electron chi connectivity index (χ2n) is 0.997. The maximum absolute atomic E-state index is 9.44. The Morgan fingerprint density at radius 2 is 1.45 bits per heavy atom. The van der Waals surface area contributed by atoms with Crippen LogP contribution in [0.4, 0.5) is 0 Å². The zero-order chi connectivity index (χ0) is 7.71. The van der Waals surface area contributed by atoms with Crippen LogP contribution in [0.25, 0.3) is 0 Å². The molecule has 0 fully saturated rings. The molecule has 0 saturated heterocycles. The zero-order valence-electron chi connectivity index (χ0n) is 5.09. The van der Waals surface area contributed by atoms with Crippen LogP contribution < -0.4 is 33.5 Å². The van der Waals surface area contributed by atoms with Crippen LogP contribution in [0.3, 0.4) is 0 Å². The van der Waals surface area contributed by atoms with E-state index >= 15 is 0 Å². The fraction of sp³-hybridized carbons (Fsp3) is 0. The van der Waals surface area contributed by atoms with E-state index < -0.39 is 15.6 Å². The van der Waals surface area contributed by atoms with Gasteiger partial charge in [-0.3, -0.25) is 8.88 Å². The molecule has 11 heavy (non-hydrogen) atoms. The first-order valence-corrected chi connectivity index (χ1v) is 4.43. The molecule has 65 valence electrons. The van der Waals surface area contributed by atoms with Gasteiger partial charge in [0.2, 0.25) is 0 Å². The normalized spacial score (nSPS) is 15.6. The van der Waals surface area contributed by atoms with Crippen LogP contribution in [0.2, 0.25) is 0 Å². The van der Waals surface area contributed by atoms with E-state index in [1.54, 1.807) is 0 Å². The molecule has 1 N–H and O–H groups in total. The van der Waals surface area contributed by atoms with Crippen molar-refractivity contribution in [2.24, 2.45) is 0 Å². The van der Waals surface area contributed by atoms with Gasteiger partial charge in [-0.25, -0.2) is 0 Å². The molecule has 0 aliphatic carbocycles. The van der Waals surface area contributed by atoms with Crippen molar-refractivity contribution in [2.45, 2.75) is 0 Å². The molecule has 0 rings (SSSR count). The van der Waals surface area contributed by atoms with Gasteiger partial charge in [-0.05, 0) is 0 Å². The summed E-state index contributed by atoms with van der Waals surface area (Å²) in [5, 5.41) is 0. The minimum atomic E-state index is -5.61. The Hall–Kier alpha value is 1.38. The molecule has 0 amide bonds. The van der Waals surface area contributed by atoms with Crippen molar-refractivity contribution in [2.75, 3.05) is 0 Å². The summed E-state index contributed by atoms with van der Waals surface area (Å²) in [6, 6.07) is 0. The monoisotopic (exact) mass is 245 g/mol. The van der Waals surface area contributed by atoms with E-state index in [9.17, 15) is 23.8 Å². The molecule has 0 saturated carbocycles. The van der Waals surface area contributed by atoms with Gasteiger partial charge in [0.25, 0.3) is 7.82 Å². The second kappa shape index (κ2) is 5.93. The summed E-state index contributed by atoms with van der Waals surface area (Å²) in [6.45, 7) is 0. The van der Waals surface area contributed by atoms with E-state index in [0.29, 0.717) is 0 Å². The van der Waals surface area contributed by atoms with Crippen molar-refractivity contribution in [3.05, 3.63) is 0 Å². The van der Waals surface area contributed by atoms with E-state index in [2.05, 4.69) is 4.31 Å². The summed E-state index contributed by atoms with van der Waals surface area (Å²) in [5.41, 5.74) is 0. The quantitative estimate of drug-likeness (QED) is 0.378. The molecule has 11 heteroatoms. The molecule has 7 nitrogen and oxygen atoms in total. The molecule has 0 aromatic rings. The number of hydrogen-bond donors (Lipinski definition) is 1. The molecule has 0 aliphatic rings. The zero-order valence-corrected chi connectivity index (χ0v) is 7.82. The van der Waals surface area contributed by atoms with Crippen molar-refractivity contribution in [1.82, 2.24) is 0 Å². The Morgan fingerprint density at radius 3 is 1.45 bits per heavy atom. The van der Waals surface area contributed by atoms with Crippen molar-refractivity contribution >= 4 is 15.6 Å². The maximum atomic E-state index is 9.44.